The fourth-order valence-corrected chi connectivity index (χ4v) is 2.26. The third kappa shape index (κ3) is 1.37. The number of carboxylic acid groups (broad SMARTS) is 1. The van der Waals surface area contributed by atoms with Crippen molar-refractivity contribution in [2.24, 2.45) is 0 Å². The number of carbonyl (C=O) groups excluding carboxylic acids is 1. The largest absolute Gasteiger partial charge is 0.506 e. The van der Waals surface area contributed by atoms with Crippen LogP contribution < -0.4 is 0 Å². The summed E-state index contributed by atoms with van der Waals surface area (Å²) in [5.41, 5.74) is 0.351. The summed E-state index contributed by atoms with van der Waals surface area (Å²) < 4.78 is 0.284. The molecule has 0 aromatic heterocycles. The molecule has 0 unspecified atom stereocenters. The molecule has 0 bridgehead atoms. The fraction of sp³-hybridized carbons (Fsp3) is 0.200. The highest BCUT2D eigenvalue weighted by atomic mass is 79.9. The zero-order valence-electron chi connectivity index (χ0n) is 8.32. The summed E-state index contributed by atoms with van der Waals surface area (Å²) in [6, 6.07) is 1.57. The van der Waals surface area contributed by atoms with Gasteiger partial charge < -0.3 is 15.1 Å². The highest BCUT2D eigenvalue weighted by Crippen LogP contribution is 2.36. The van der Waals surface area contributed by atoms with Crippen molar-refractivity contribution in [3.63, 3.8) is 0 Å². The van der Waals surface area contributed by atoms with E-state index < -0.39 is 11.7 Å². The molecule has 16 heavy (non-hydrogen) atoms. The van der Waals surface area contributed by atoms with Gasteiger partial charge in [-0.2, -0.15) is 0 Å². The van der Waals surface area contributed by atoms with Crippen molar-refractivity contribution in [1.29, 1.82) is 0 Å². The number of amides is 1. The number of halogens is 1. The summed E-state index contributed by atoms with van der Waals surface area (Å²) in [7, 11) is 1.58. The van der Waals surface area contributed by atoms with Crippen LogP contribution in [0, 0.1) is 0 Å². The monoisotopic (exact) mass is 285 g/mol. The normalized spacial score (nSPS) is 14.1. The topological polar surface area (TPSA) is 77.8 Å². The first-order chi connectivity index (χ1) is 7.43. The van der Waals surface area contributed by atoms with Gasteiger partial charge in [-0.1, -0.05) is 0 Å². The average molecular weight is 286 g/mol. The summed E-state index contributed by atoms with van der Waals surface area (Å²) in [4.78, 5) is 24.2. The molecule has 0 saturated carbocycles. The van der Waals surface area contributed by atoms with Gasteiger partial charge in [0.25, 0.3) is 5.91 Å². The molecule has 1 aromatic carbocycles. The second-order valence-corrected chi connectivity index (χ2v) is 4.44. The zero-order chi connectivity index (χ0) is 12.0. The van der Waals surface area contributed by atoms with Crippen LogP contribution in [0.3, 0.4) is 0 Å². The number of hydrogen-bond donors (Lipinski definition) is 2. The smallest absolute Gasteiger partial charge is 0.340 e. The lowest BCUT2D eigenvalue weighted by Crippen LogP contribution is -2.19. The molecule has 2 rings (SSSR count). The summed E-state index contributed by atoms with van der Waals surface area (Å²) in [5.74, 6) is -2.09. The number of carbonyl (C=O) groups is 2. The van der Waals surface area contributed by atoms with Crippen LogP contribution in [0.2, 0.25) is 0 Å². The number of nitrogens with zero attached hydrogens (tertiary/aromatic N) is 1. The van der Waals surface area contributed by atoms with Crippen LogP contribution >= 0.6 is 15.9 Å². The number of aromatic hydroxyl groups is 1. The molecular weight excluding hydrogens is 278 g/mol. The summed E-state index contributed by atoms with van der Waals surface area (Å²) in [6.45, 7) is 0.354. The molecule has 0 aliphatic carbocycles. The Labute approximate surface area is 99.4 Å². The molecule has 1 heterocycles. The lowest BCUT2D eigenvalue weighted by Gasteiger charge is -2.07. The van der Waals surface area contributed by atoms with Crippen LogP contribution in [-0.4, -0.2) is 34.0 Å². The van der Waals surface area contributed by atoms with Gasteiger partial charge in [0.05, 0.1) is 10.0 Å². The van der Waals surface area contributed by atoms with Gasteiger partial charge in [-0.3, -0.25) is 4.79 Å². The van der Waals surface area contributed by atoms with E-state index in [4.69, 9.17) is 5.11 Å². The highest BCUT2D eigenvalue weighted by Gasteiger charge is 2.33. The van der Waals surface area contributed by atoms with Crippen LogP contribution in [0.4, 0.5) is 0 Å². The first kappa shape index (κ1) is 10.9. The molecule has 1 aromatic rings. The Bertz CT molecular complexity index is 512. The minimum Gasteiger partial charge on any atom is -0.506 e. The molecule has 1 aliphatic rings. The molecule has 0 atom stereocenters. The molecular formula is C10H8BrNO4. The van der Waals surface area contributed by atoms with Crippen LogP contribution in [0.15, 0.2) is 10.5 Å². The molecule has 0 spiro atoms. The van der Waals surface area contributed by atoms with Gasteiger partial charge >= 0.3 is 5.97 Å². The Morgan fingerprint density at radius 2 is 2.19 bits per heavy atom. The van der Waals surface area contributed by atoms with Crippen molar-refractivity contribution in [2.45, 2.75) is 6.54 Å². The van der Waals surface area contributed by atoms with Crippen LogP contribution in [-0.2, 0) is 6.54 Å². The summed E-state index contributed by atoms with van der Waals surface area (Å²) in [5, 5.41) is 18.6. The van der Waals surface area contributed by atoms with Crippen molar-refractivity contribution < 1.29 is 19.8 Å². The van der Waals surface area contributed by atoms with Crippen molar-refractivity contribution >= 4 is 27.8 Å². The summed E-state index contributed by atoms with van der Waals surface area (Å²) >= 11 is 3.06. The van der Waals surface area contributed by atoms with Crippen molar-refractivity contribution in [3.8, 4) is 5.75 Å². The van der Waals surface area contributed by atoms with Crippen LogP contribution in [0.5, 0.6) is 5.75 Å². The number of benzene rings is 1. The molecule has 0 radical (unpaired) electrons. The van der Waals surface area contributed by atoms with Crippen molar-refractivity contribution in [3.05, 3.63) is 27.2 Å². The average Bonchev–Trinajstić information content (AvgIpc) is 2.45. The third-order valence-corrected chi connectivity index (χ3v) is 3.12. The van der Waals surface area contributed by atoms with Gasteiger partial charge in [0, 0.05) is 13.6 Å². The molecule has 1 amide bonds. The number of hydrogen-bond acceptors (Lipinski definition) is 3. The summed E-state index contributed by atoms with van der Waals surface area (Å²) in [6.07, 6.45) is 0. The van der Waals surface area contributed by atoms with Crippen LogP contribution in [0.1, 0.15) is 26.3 Å². The molecule has 5 nitrogen and oxygen atoms in total. The minimum absolute atomic E-state index is 0.0794. The van der Waals surface area contributed by atoms with Gasteiger partial charge in [0.1, 0.15) is 11.3 Å². The highest BCUT2D eigenvalue weighted by molar-refractivity contribution is 9.10. The predicted octanol–water partition coefficient (Wildman–Crippen LogP) is 1.44. The van der Waals surface area contributed by atoms with E-state index >= 15 is 0 Å². The predicted molar refractivity (Wildman–Crippen MR) is 58.6 cm³/mol. The van der Waals surface area contributed by atoms with E-state index in [1.807, 2.05) is 0 Å². The zero-order valence-corrected chi connectivity index (χ0v) is 9.91. The standard InChI is InChI=1S/C10H8BrNO4/c1-12-3-4-2-5(11)8(13)7(10(15)16)6(4)9(12)14/h2,13H,3H2,1H3,(H,15,16). The van der Waals surface area contributed by atoms with E-state index in [-0.39, 0.29) is 21.5 Å². The number of rotatable bonds is 1. The Balaban J connectivity index is 2.79. The van der Waals surface area contributed by atoms with Gasteiger partial charge in [-0.05, 0) is 27.6 Å². The minimum atomic E-state index is -1.31. The van der Waals surface area contributed by atoms with Crippen molar-refractivity contribution in [1.82, 2.24) is 4.90 Å². The Hall–Kier alpha value is -1.56. The maximum atomic E-state index is 11.7. The first-order valence-corrected chi connectivity index (χ1v) is 5.26. The lowest BCUT2D eigenvalue weighted by atomic mass is 10.0. The third-order valence-electron chi connectivity index (χ3n) is 2.52. The first-order valence-electron chi connectivity index (χ1n) is 4.46. The maximum Gasteiger partial charge on any atom is 0.340 e. The van der Waals surface area contributed by atoms with Crippen LogP contribution in [0.25, 0.3) is 0 Å². The maximum absolute atomic E-state index is 11.7. The Kier molecular flexibility index (Phi) is 2.38. The van der Waals surface area contributed by atoms with Crippen molar-refractivity contribution in [2.75, 3.05) is 7.05 Å². The van der Waals surface area contributed by atoms with E-state index in [1.54, 1.807) is 13.1 Å². The molecule has 0 fully saturated rings. The number of fused-ring (bicyclic) bond motifs is 1. The second kappa shape index (κ2) is 3.48. The molecule has 6 heteroatoms. The molecule has 0 saturated heterocycles. The molecule has 2 N–H and O–H groups in total. The number of carboxylic acids is 1. The quantitative estimate of drug-likeness (QED) is 0.818. The van der Waals surface area contributed by atoms with Gasteiger partial charge in [0.2, 0.25) is 0 Å². The number of phenols is 1. The molecule has 1 aliphatic heterocycles. The van der Waals surface area contributed by atoms with E-state index in [2.05, 4.69) is 15.9 Å². The van der Waals surface area contributed by atoms with Gasteiger partial charge in [0.15, 0.2) is 0 Å². The second-order valence-electron chi connectivity index (χ2n) is 3.58. The van der Waals surface area contributed by atoms with E-state index in [0.717, 1.165) is 0 Å². The lowest BCUT2D eigenvalue weighted by molar-refractivity contribution is 0.0683. The SMILES string of the molecule is CN1Cc2cc(Br)c(O)c(C(=O)O)c2C1=O. The Morgan fingerprint density at radius 3 is 2.75 bits per heavy atom. The van der Waals surface area contributed by atoms with E-state index in [0.29, 0.717) is 12.1 Å². The molecule has 84 valence electrons. The van der Waals surface area contributed by atoms with E-state index in [1.165, 1.54) is 4.90 Å². The number of aromatic carboxylic acids is 1. The Morgan fingerprint density at radius 1 is 1.56 bits per heavy atom. The fourth-order valence-electron chi connectivity index (χ4n) is 1.79. The van der Waals surface area contributed by atoms with Gasteiger partial charge in [-0.15, -0.1) is 0 Å². The van der Waals surface area contributed by atoms with E-state index in [9.17, 15) is 14.7 Å². The van der Waals surface area contributed by atoms with Gasteiger partial charge in [-0.25, -0.2) is 4.79 Å².